The van der Waals surface area contributed by atoms with Crippen molar-refractivity contribution in [3.05, 3.63) is 29.6 Å². The molecule has 0 aliphatic rings. The van der Waals surface area contributed by atoms with Crippen LogP contribution in [0.1, 0.15) is 18.2 Å². The van der Waals surface area contributed by atoms with Crippen LogP contribution in [0.25, 0.3) is 0 Å². The largest absolute Gasteiger partial charge is 0.320 e. The summed E-state index contributed by atoms with van der Waals surface area (Å²) in [6.07, 6.45) is -0.799. The van der Waals surface area contributed by atoms with Crippen LogP contribution in [0.5, 0.6) is 0 Å². The van der Waals surface area contributed by atoms with Crippen LogP contribution >= 0.6 is 0 Å². The number of aromatic nitrogens is 1. The molecule has 78 valence electrons. The monoisotopic (exact) mass is 200 g/mol. The molecule has 0 aromatic carbocycles. The molecule has 14 heavy (non-hydrogen) atoms. The van der Waals surface area contributed by atoms with Gasteiger partial charge in [0.05, 0.1) is 5.54 Å². The first-order valence-corrected chi connectivity index (χ1v) is 4.40. The quantitative estimate of drug-likeness (QED) is 0.809. The molecule has 0 aliphatic carbocycles. The average Bonchev–Trinajstić information content (AvgIpc) is 2.08. The van der Waals surface area contributed by atoms with Crippen molar-refractivity contribution in [2.75, 3.05) is 0 Å². The highest BCUT2D eigenvalue weighted by atomic mass is 19.3. The molecule has 0 amide bonds. The second-order valence-electron chi connectivity index (χ2n) is 3.81. The number of hydrogen-bond donors (Lipinski definition) is 1. The fraction of sp³-hybridized carbons (Fsp3) is 0.500. The number of nitrogens with zero attached hydrogens (tertiary/aromatic N) is 1. The smallest absolute Gasteiger partial charge is 0.256 e. The molecule has 2 N–H and O–H groups in total. The van der Waals surface area contributed by atoms with E-state index in [0.717, 1.165) is 5.56 Å². The topological polar surface area (TPSA) is 38.9 Å². The van der Waals surface area contributed by atoms with Gasteiger partial charge in [-0.25, -0.2) is 8.78 Å². The van der Waals surface area contributed by atoms with Crippen molar-refractivity contribution in [2.45, 2.75) is 32.2 Å². The third-order valence-electron chi connectivity index (χ3n) is 2.03. The van der Waals surface area contributed by atoms with E-state index in [1.165, 1.54) is 6.92 Å². The van der Waals surface area contributed by atoms with Gasteiger partial charge in [-0.2, -0.15) is 0 Å². The lowest BCUT2D eigenvalue weighted by Gasteiger charge is -2.22. The summed E-state index contributed by atoms with van der Waals surface area (Å²) in [7, 11) is 0. The number of alkyl halides is 2. The summed E-state index contributed by atoms with van der Waals surface area (Å²) in [6.45, 7) is 3.23. The van der Waals surface area contributed by atoms with Gasteiger partial charge >= 0.3 is 0 Å². The van der Waals surface area contributed by atoms with Crippen molar-refractivity contribution in [1.82, 2.24) is 4.98 Å². The zero-order valence-electron chi connectivity index (χ0n) is 8.30. The zero-order chi connectivity index (χ0) is 10.8. The van der Waals surface area contributed by atoms with Crippen LogP contribution < -0.4 is 5.73 Å². The second kappa shape index (κ2) is 4.00. The Morgan fingerprint density at radius 2 is 2.14 bits per heavy atom. The van der Waals surface area contributed by atoms with Gasteiger partial charge in [0.25, 0.3) is 6.43 Å². The summed E-state index contributed by atoms with van der Waals surface area (Å²) >= 11 is 0. The average molecular weight is 200 g/mol. The number of aryl methyl sites for hydroxylation is 1. The summed E-state index contributed by atoms with van der Waals surface area (Å²) in [5.74, 6) is 0. The van der Waals surface area contributed by atoms with Crippen molar-refractivity contribution < 1.29 is 8.78 Å². The highest BCUT2D eigenvalue weighted by Crippen LogP contribution is 2.17. The van der Waals surface area contributed by atoms with E-state index < -0.39 is 12.0 Å². The van der Waals surface area contributed by atoms with Crippen molar-refractivity contribution >= 4 is 0 Å². The normalized spacial score (nSPS) is 15.6. The Kier molecular flexibility index (Phi) is 3.16. The van der Waals surface area contributed by atoms with E-state index >= 15 is 0 Å². The van der Waals surface area contributed by atoms with E-state index in [1.807, 2.05) is 13.0 Å². The van der Waals surface area contributed by atoms with E-state index in [1.54, 1.807) is 12.3 Å². The molecule has 0 fully saturated rings. The van der Waals surface area contributed by atoms with Crippen LogP contribution in [0.15, 0.2) is 18.3 Å². The molecule has 1 aromatic rings. The molecular formula is C10H14F2N2. The van der Waals surface area contributed by atoms with Crippen LogP contribution in [-0.4, -0.2) is 16.9 Å². The lowest BCUT2D eigenvalue weighted by atomic mass is 9.97. The van der Waals surface area contributed by atoms with Gasteiger partial charge in [0, 0.05) is 18.3 Å². The minimum Gasteiger partial charge on any atom is -0.320 e. The summed E-state index contributed by atoms with van der Waals surface area (Å²) in [5.41, 5.74) is 5.54. The van der Waals surface area contributed by atoms with E-state index in [4.69, 9.17) is 5.73 Å². The van der Waals surface area contributed by atoms with Crippen LogP contribution in [0, 0.1) is 6.92 Å². The maximum Gasteiger partial charge on any atom is 0.256 e. The minimum absolute atomic E-state index is 0.0882. The van der Waals surface area contributed by atoms with Gasteiger partial charge in [0.15, 0.2) is 0 Å². The summed E-state index contributed by atoms with van der Waals surface area (Å²) < 4.78 is 24.8. The third kappa shape index (κ3) is 2.73. The van der Waals surface area contributed by atoms with Crippen molar-refractivity contribution in [3.63, 3.8) is 0 Å². The van der Waals surface area contributed by atoms with Crippen LogP contribution in [0.4, 0.5) is 8.78 Å². The van der Waals surface area contributed by atoms with E-state index in [-0.39, 0.29) is 6.42 Å². The zero-order valence-corrected chi connectivity index (χ0v) is 8.30. The summed E-state index contributed by atoms with van der Waals surface area (Å²) in [4.78, 5) is 4.03. The SMILES string of the molecule is Cc1ccc(CC(C)(N)C(F)F)nc1. The predicted molar refractivity (Wildman–Crippen MR) is 51.3 cm³/mol. The van der Waals surface area contributed by atoms with Crippen LogP contribution in [-0.2, 0) is 6.42 Å². The van der Waals surface area contributed by atoms with Gasteiger partial charge in [-0.15, -0.1) is 0 Å². The fourth-order valence-corrected chi connectivity index (χ4v) is 1.07. The van der Waals surface area contributed by atoms with E-state index in [9.17, 15) is 8.78 Å². The number of pyridine rings is 1. The Morgan fingerprint density at radius 1 is 1.50 bits per heavy atom. The van der Waals surface area contributed by atoms with E-state index in [0.29, 0.717) is 5.69 Å². The van der Waals surface area contributed by atoms with Crippen molar-refractivity contribution in [2.24, 2.45) is 5.73 Å². The van der Waals surface area contributed by atoms with Crippen LogP contribution in [0.2, 0.25) is 0 Å². The second-order valence-corrected chi connectivity index (χ2v) is 3.81. The number of rotatable bonds is 3. The Morgan fingerprint density at radius 3 is 2.57 bits per heavy atom. The van der Waals surface area contributed by atoms with Gasteiger partial charge in [0.2, 0.25) is 0 Å². The Balaban J connectivity index is 2.74. The molecule has 1 aromatic heterocycles. The highest BCUT2D eigenvalue weighted by molar-refractivity contribution is 5.14. The molecule has 0 spiro atoms. The van der Waals surface area contributed by atoms with Crippen molar-refractivity contribution in [3.8, 4) is 0 Å². The Bertz CT molecular complexity index is 293. The Labute approximate surface area is 82.1 Å². The highest BCUT2D eigenvalue weighted by Gasteiger charge is 2.30. The molecule has 4 heteroatoms. The van der Waals surface area contributed by atoms with Crippen LogP contribution in [0.3, 0.4) is 0 Å². The van der Waals surface area contributed by atoms with Gasteiger partial charge in [-0.3, -0.25) is 4.98 Å². The van der Waals surface area contributed by atoms with Gasteiger partial charge in [-0.05, 0) is 25.5 Å². The molecule has 0 bridgehead atoms. The molecule has 0 aliphatic heterocycles. The van der Waals surface area contributed by atoms with Gasteiger partial charge in [-0.1, -0.05) is 6.07 Å². The minimum atomic E-state index is -2.54. The lowest BCUT2D eigenvalue weighted by Crippen LogP contribution is -2.46. The lowest BCUT2D eigenvalue weighted by molar-refractivity contribution is 0.0634. The molecule has 2 nitrogen and oxygen atoms in total. The Hall–Kier alpha value is -1.03. The molecule has 0 radical (unpaired) electrons. The maximum absolute atomic E-state index is 12.4. The number of halogens is 2. The maximum atomic E-state index is 12.4. The van der Waals surface area contributed by atoms with E-state index in [2.05, 4.69) is 4.98 Å². The first-order chi connectivity index (χ1) is 6.42. The summed E-state index contributed by atoms with van der Waals surface area (Å²) in [5, 5.41) is 0. The first kappa shape index (κ1) is 11.0. The standard InChI is InChI=1S/C10H14F2N2/c1-7-3-4-8(14-6-7)5-10(2,13)9(11)12/h3-4,6,9H,5,13H2,1-2H3. The molecular weight excluding hydrogens is 186 g/mol. The molecule has 1 atom stereocenters. The fourth-order valence-electron chi connectivity index (χ4n) is 1.07. The molecule has 0 saturated carbocycles. The molecule has 1 heterocycles. The van der Waals surface area contributed by atoms with Gasteiger partial charge in [0.1, 0.15) is 0 Å². The first-order valence-electron chi connectivity index (χ1n) is 4.40. The van der Waals surface area contributed by atoms with Crippen molar-refractivity contribution in [1.29, 1.82) is 0 Å². The predicted octanol–water partition coefficient (Wildman–Crippen LogP) is 1.92. The molecule has 0 saturated heterocycles. The third-order valence-corrected chi connectivity index (χ3v) is 2.03. The molecule has 1 unspecified atom stereocenters. The summed E-state index contributed by atoms with van der Waals surface area (Å²) in [6, 6.07) is 3.56. The molecule has 1 rings (SSSR count). The number of hydrogen-bond acceptors (Lipinski definition) is 2. The van der Waals surface area contributed by atoms with Gasteiger partial charge < -0.3 is 5.73 Å². The number of nitrogens with two attached hydrogens (primary N) is 1.